The molecule has 3 rings (SSSR count). The van der Waals surface area contributed by atoms with Crippen LogP contribution in [0.5, 0.6) is 0 Å². The van der Waals surface area contributed by atoms with Crippen molar-refractivity contribution >= 4 is 21.8 Å². The predicted molar refractivity (Wildman–Crippen MR) is 82.5 cm³/mol. The average molecular weight is 365 g/mol. The second-order valence-corrected chi connectivity index (χ2v) is 6.14. The predicted octanol–water partition coefficient (Wildman–Crippen LogP) is 2.04. The molecule has 0 aliphatic carbocycles. The van der Waals surface area contributed by atoms with Crippen LogP contribution in [-0.4, -0.2) is 27.3 Å². The van der Waals surface area contributed by atoms with Crippen LogP contribution in [0.1, 0.15) is 27.4 Å². The zero-order valence-electron chi connectivity index (χ0n) is 11.7. The Kier molecular flexibility index (Phi) is 4.17. The van der Waals surface area contributed by atoms with Gasteiger partial charge in [0.05, 0.1) is 5.69 Å². The Bertz CT molecular complexity index is 737. The summed E-state index contributed by atoms with van der Waals surface area (Å²) in [6.45, 7) is 1.82. The van der Waals surface area contributed by atoms with Crippen molar-refractivity contribution in [3.63, 3.8) is 0 Å². The average Bonchev–Trinajstić information content (AvgIpc) is 2.50. The van der Waals surface area contributed by atoms with Crippen molar-refractivity contribution in [1.29, 1.82) is 0 Å². The second-order valence-electron chi connectivity index (χ2n) is 5.23. The highest BCUT2D eigenvalue weighted by Crippen LogP contribution is 2.21. The summed E-state index contributed by atoms with van der Waals surface area (Å²) in [6.07, 6.45) is 2.42. The fraction of sp³-hybridized carbons (Fsp3) is 0.267. The van der Waals surface area contributed by atoms with E-state index in [-0.39, 0.29) is 11.6 Å². The Labute approximate surface area is 135 Å². The topological polar surface area (TPSA) is 72.1 Å². The highest BCUT2D eigenvalue weighted by molar-refractivity contribution is 9.10. The number of amides is 1. The van der Waals surface area contributed by atoms with Gasteiger partial charge in [-0.25, -0.2) is 14.4 Å². The first-order chi connectivity index (χ1) is 10.5. The standard InChI is InChI=1S/C15H14BrFN4O/c16-11-1-2-12(17)10(5-11)7-21-4-3-9-6-19-15(14(18)22)20-13(9)8-21/h1-2,5-6H,3-4,7-8H2,(H2,18,22). The van der Waals surface area contributed by atoms with Crippen molar-refractivity contribution in [2.24, 2.45) is 5.73 Å². The number of hydrogen-bond donors (Lipinski definition) is 1. The molecule has 0 radical (unpaired) electrons. The molecule has 1 aliphatic heterocycles. The number of fused-ring (bicyclic) bond motifs is 1. The molecule has 114 valence electrons. The lowest BCUT2D eigenvalue weighted by atomic mass is 10.1. The number of carbonyl (C=O) groups excluding carboxylic acids is 1. The van der Waals surface area contributed by atoms with Crippen LogP contribution < -0.4 is 5.73 Å². The summed E-state index contributed by atoms with van der Waals surface area (Å²) in [5.74, 6) is -0.846. The summed E-state index contributed by atoms with van der Waals surface area (Å²) in [7, 11) is 0. The summed E-state index contributed by atoms with van der Waals surface area (Å²) in [4.78, 5) is 21.4. The van der Waals surface area contributed by atoms with Crippen LogP contribution in [0.3, 0.4) is 0 Å². The molecule has 1 amide bonds. The largest absolute Gasteiger partial charge is 0.363 e. The number of primary amides is 1. The molecule has 2 aromatic rings. The van der Waals surface area contributed by atoms with E-state index in [1.54, 1.807) is 18.3 Å². The van der Waals surface area contributed by atoms with Crippen molar-refractivity contribution in [3.05, 3.63) is 57.3 Å². The minimum atomic E-state index is -0.641. The van der Waals surface area contributed by atoms with Crippen molar-refractivity contribution < 1.29 is 9.18 Å². The van der Waals surface area contributed by atoms with Gasteiger partial charge < -0.3 is 5.73 Å². The molecule has 1 aromatic carbocycles. The number of rotatable bonds is 3. The minimum absolute atomic E-state index is 0.0224. The van der Waals surface area contributed by atoms with E-state index in [2.05, 4.69) is 30.8 Å². The van der Waals surface area contributed by atoms with Crippen molar-refractivity contribution in [2.45, 2.75) is 19.5 Å². The molecule has 0 fully saturated rings. The number of carbonyl (C=O) groups is 1. The lowest BCUT2D eigenvalue weighted by Crippen LogP contribution is -2.32. The Morgan fingerprint density at radius 2 is 2.27 bits per heavy atom. The number of benzene rings is 1. The number of nitrogens with two attached hydrogens (primary N) is 1. The Morgan fingerprint density at radius 3 is 3.05 bits per heavy atom. The molecule has 0 atom stereocenters. The molecule has 0 saturated carbocycles. The van der Waals surface area contributed by atoms with Gasteiger partial charge in [0.2, 0.25) is 5.82 Å². The van der Waals surface area contributed by atoms with Gasteiger partial charge in [-0.1, -0.05) is 15.9 Å². The highest BCUT2D eigenvalue weighted by atomic mass is 79.9. The summed E-state index contributed by atoms with van der Waals surface area (Å²) in [5.41, 5.74) is 7.63. The van der Waals surface area contributed by atoms with E-state index in [9.17, 15) is 9.18 Å². The van der Waals surface area contributed by atoms with Crippen molar-refractivity contribution in [2.75, 3.05) is 6.54 Å². The van der Waals surface area contributed by atoms with E-state index in [0.29, 0.717) is 18.7 Å². The Morgan fingerprint density at radius 1 is 1.45 bits per heavy atom. The molecule has 22 heavy (non-hydrogen) atoms. The third-order valence-corrected chi connectivity index (χ3v) is 4.14. The van der Waals surface area contributed by atoms with Gasteiger partial charge in [-0.2, -0.15) is 0 Å². The number of hydrogen-bond acceptors (Lipinski definition) is 4. The molecule has 0 spiro atoms. The number of halogens is 2. The second kappa shape index (κ2) is 6.10. The third kappa shape index (κ3) is 3.15. The highest BCUT2D eigenvalue weighted by Gasteiger charge is 2.20. The lowest BCUT2D eigenvalue weighted by Gasteiger charge is -2.28. The third-order valence-electron chi connectivity index (χ3n) is 3.65. The summed E-state index contributed by atoms with van der Waals surface area (Å²) >= 11 is 3.36. The number of nitrogens with zero attached hydrogens (tertiary/aromatic N) is 3. The SMILES string of the molecule is NC(=O)c1ncc2c(n1)CN(Cc1cc(Br)ccc1F)CC2. The maximum atomic E-state index is 13.9. The maximum Gasteiger partial charge on any atom is 0.286 e. The van der Waals surface area contributed by atoms with E-state index in [4.69, 9.17) is 5.73 Å². The van der Waals surface area contributed by atoms with Gasteiger partial charge in [0.1, 0.15) is 5.82 Å². The summed E-state index contributed by atoms with van der Waals surface area (Å²) in [6, 6.07) is 4.90. The zero-order chi connectivity index (χ0) is 15.7. The normalized spacial score (nSPS) is 14.6. The van der Waals surface area contributed by atoms with Gasteiger partial charge in [-0.15, -0.1) is 0 Å². The van der Waals surface area contributed by atoms with Gasteiger partial charge in [0.25, 0.3) is 5.91 Å². The first-order valence-electron chi connectivity index (χ1n) is 6.84. The van der Waals surface area contributed by atoms with Crippen LogP contribution in [0, 0.1) is 5.82 Å². The van der Waals surface area contributed by atoms with Gasteiger partial charge in [0, 0.05) is 35.9 Å². The van der Waals surface area contributed by atoms with E-state index in [0.717, 1.165) is 28.7 Å². The van der Waals surface area contributed by atoms with E-state index < -0.39 is 5.91 Å². The van der Waals surface area contributed by atoms with Gasteiger partial charge in [0.15, 0.2) is 0 Å². The minimum Gasteiger partial charge on any atom is -0.363 e. The maximum absolute atomic E-state index is 13.9. The summed E-state index contributed by atoms with van der Waals surface area (Å²) < 4.78 is 14.7. The van der Waals surface area contributed by atoms with Crippen LogP contribution in [0.15, 0.2) is 28.9 Å². The quantitative estimate of drug-likeness (QED) is 0.904. The van der Waals surface area contributed by atoms with Gasteiger partial charge in [-0.05, 0) is 30.2 Å². The molecule has 0 saturated heterocycles. The Balaban J connectivity index is 1.80. The molecule has 1 aromatic heterocycles. The molecule has 2 heterocycles. The first kappa shape index (κ1) is 15.1. The van der Waals surface area contributed by atoms with Crippen molar-refractivity contribution in [3.8, 4) is 0 Å². The molecule has 7 heteroatoms. The van der Waals surface area contributed by atoms with Crippen LogP contribution in [0.4, 0.5) is 4.39 Å². The van der Waals surface area contributed by atoms with Crippen LogP contribution >= 0.6 is 15.9 Å². The number of aromatic nitrogens is 2. The molecule has 0 bridgehead atoms. The molecular formula is C15H14BrFN4O. The molecule has 5 nitrogen and oxygen atoms in total. The van der Waals surface area contributed by atoms with Crippen LogP contribution in [0.25, 0.3) is 0 Å². The van der Waals surface area contributed by atoms with E-state index >= 15 is 0 Å². The van der Waals surface area contributed by atoms with Crippen LogP contribution in [0.2, 0.25) is 0 Å². The van der Waals surface area contributed by atoms with E-state index in [1.807, 2.05) is 0 Å². The Hall–Kier alpha value is -1.86. The van der Waals surface area contributed by atoms with Gasteiger partial charge in [-0.3, -0.25) is 9.69 Å². The van der Waals surface area contributed by atoms with Crippen LogP contribution in [-0.2, 0) is 19.5 Å². The van der Waals surface area contributed by atoms with E-state index in [1.165, 1.54) is 6.07 Å². The summed E-state index contributed by atoms with van der Waals surface area (Å²) in [5, 5.41) is 0. The molecule has 2 N–H and O–H groups in total. The van der Waals surface area contributed by atoms with Gasteiger partial charge >= 0.3 is 0 Å². The zero-order valence-corrected chi connectivity index (χ0v) is 13.3. The molecule has 1 aliphatic rings. The molecule has 0 unspecified atom stereocenters. The fourth-order valence-corrected chi connectivity index (χ4v) is 2.92. The molecular weight excluding hydrogens is 351 g/mol. The fourth-order valence-electron chi connectivity index (χ4n) is 2.52. The lowest BCUT2D eigenvalue weighted by molar-refractivity contribution is 0.0989. The van der Waals surface area contributed by atoms with Crippen molar-refractivity contribution in [1.82, 2.24) is 14.9 Å². The smallest absolute Gasteiger partial charge is 0.286 e. The monoisotopic (exact) mass is 364 g/mol. The first-order valence-corrected chi connectivity index (χ1v) is 7.63.